The molecular weight excluding hydrogens is 389 g/mol. The van der Waals surface area contributed by atoms with Gasteiger partial charge in [-0.15, -0.1) is 24.0 Å². The lowest BCUT2D eigenvalue weighted by Gasteiger charge is -2.25. The predicted molar refractivity (Wildman–Crippen MR) is 103 cm³/mol. The molecule has 6 heteroatoms. The molecule has 0 saturated heterocycles. The summed E-state index contributed by atoms with van der Waals surface area (Å²) in [5, 5.41) is 6.71. The second kappa shape index (κ2) is 9.99. The third-order valence-electron chi connectivity index (χ3n) is 3.85. The van der Waals surface area contributed by atoms with Crippen LogP contribution in [0.5, 0.6) is 0 Å². The smallest absolute Gasteiger partial charge is 0.191 e. The minimum absolute atomic E-state index is 0. The van der Waals surface area contributed by atoms with E-state index >= 15 is 0 Å². The summed E-state index contributed by atoms with van der Waals surface area (Å²) in [6.45, 7) is 6.70. The number of hydrogen-bond acceptors (Lipinski definition) is 3. The second-order valence-electron chi connectivity index (χ2n) is 5.64. The zero-order chi connectivity index (χ0) is 15.1. The first-order valence-corrected chi connectivity index (χ1v) is 7.84. The summed E-state index contributed by atoms with van der Waals surface area (Å²) in [5.74, 6) is 0.860. The Morgan fingerprint density at radius 3 is 2.77 bits per heavy atom. The van der Waals surface area contributed by atoms with Crippen LogP contribution in [-0.2, 0) is 6.54 Å². The topological polar surface area (TPSA) is 52.6 Å². The van der Waals surface area contributed by atoms with Crippen LogP contribution in [0.2, 0.25) is 0 Å². The third-order valence-corrected chi connectivity index (χ3v) is 3.85. The summed E-state index contributed by atoms with van der Waals surface area (Å²) < 4.78 is 0. The third kappa shape index (κ3) is 6.48. The van der Waals surface area contributed by atoms with E-state index in [9.17, 15) is 0 Å². The molecule has 1 unspecified atom stereocenters. The van der Waals surface area contributed by atoms with E-state index in [1.165, 1.54) is 12.8 Å². The molecule has 0 bridgehead atoms. The van der Waals surface area contributed by atoms with Crippen molar-refractivity contribution >= 4 is 29.9 Å². The van der Waals surface area contributed by atoms with Crippen LogP contribution in [0.25, 0.3) is 0 Å². The van der Waals surface area contributed by atoms with Gasteiger partial charge >= 0.3 is 0 Å². The summed E-state index contributed by atoms with van der Waals surface area (Å²) in [6, 6.07) is 7.21. The monoisotopic (exact) mass is 417 g/mol. The van der Waals surface area contributed by atoms with Crippen molar-refractivity contribution in [2.75, 3.05) is 20.1 Å². The number of nitrogens with one attached hydrogen (secondary N) is 2. The number of hydrogen-bond donors (Lipinski definition) is 2. The van der Waals surface area contributed by atoms with Gasteiger partial charge in [-0.05, 0) is 45.9 Å². The lowest BCUT2D eigenvalue weighted by atomic mass is 10.3. The number of pyridine rings is 1. The Morgan fingerprint density at radius 2 is 2.18 bits per heavy atom. The largest absolute Gasteiger partial charge is 0.357 e. The molecule has 0 aliphatic heterocycles. The molecule has 2 N–H and O–H groups in total. The van der Waals surface area contributed by atoms with Crippen molar-refractivity contribution < 1.29 is 0 Å². The number of guanidine groups is 1. The Kier molecular flexibility index (Phi) is 8.70. The number of rotatable bonds is 7. The predicted octanol–water partition coefficient (Wildman–Crippen LogP) is 2.24. The van der Waals surface area contributed by atoms with Crippen molar-refractivity contribution in [3.05, 3.63) is 30.1 Å². The van der Waals surface area contributed by atoms with Crippen LogP contribution >= 0.6 is 24.0 Å². The fourth-order valence-electron chi connectivity index (χ4n) is 2.22. The van der Waals surface area contributed by atoms with Crippen LogP contribution in [0.15, 0.2) is 29.4 Å². The molecule has 1 saturated carbocycles. The van der Waals surface area contributed by atoms with E-state index in [1.807, 2.05) is 18.2 Å². The van der Waals surface area contributed by atoms with E-state index in [2.05, 4.69) is 46.4 Å². The highest BCUT2D eigenvalue weighted by Crippen LogP contribution is 2.26. The van der Waals surface area contributed by atoms with Gasteiger partial charge in [-0.25, -0.2) is 4.99 Å². The highest BCUT2D eigenvalue weighted by molar-refractivity contribution is 14.0. The van der Waals surface area contributed by atoms with Crippen LogP contribution in [0.3, 0.4) is 0 Å². The molecular formula is C16H28IN5. The molecule has 124 valence electrons. The van der Waals surface area contributed by atoms with E-state index < -0.39 is 0 Å². The first kappa shape index (κ1) is 19.2. The van der Waals surface area contributed by atoms with Crippen LogP contribution in [0.4, 0.5) is 0 Å². The Hall–Kier alpha value is -0.890. The summed E-state index contributed by atoms with van der Waals surface area (Å²) in [7, 11) is 2.21. The molecule has 1 aromatic heterocycles. The summed E-state index contributed by atoms with van der Waals surface area (Å²) in [5.41, 5.74) is 0.984. The van der Waals surface area contributed by atoms with Gasteiger partial charge in [0, 0.05) is 31.4 Å². The zero-order valence-electron chi connectivity index (χ0n) is 13.7. The highest BCUT2D eigenvalue weighted by atomic mass is 127. The molecule has 1 fully saturated rings. The van der Waals surface area contributed by atoms with E-state index in [0.717, 1.165) is 30.8 Å². The Morgan fingerprint density at radius 1 is 1.41 bits per heavy atom. The molecule has 0 aromatic carbocycles. The molecule has 1 heterocycles. The Balaban J connectivity index is 0.00000242. The molecule has 2 rings (SSSR count). The van der Waals surface area contributed by atoms with Crippen LogP contribution in [0.1, 0.15) is 32.4 Å². The van der Waals surface area contributed by atoms with Crippen molar-refractivity contribution in [3.63, 3.8) is 0 Å². The van der Waals surface area contributed by atoms with Crippen LogP contribution in [-0.4, -0.2) is 48.1 Å². The standard InChI is InChI=1S/C16H27N5.HI/c1-4-17-16(20-12-14-7-5-6-10-18-14)19-11-13(2)21(3)15-8-9-15;/h5-7,10,13,15H,4,8-9,11-12H2,1-3H3,(H2,17,19,20);1H. The first-order chi connectivity index (χ1) is 10.2. The Bertz CT molecular complexity index is 447. The average molecular weight is 417 g/mol. The van der Waals surface area contributed by atoms with Gasteiger partial charge in [0.1, 0.15) is 0 Å². The normalized spacial score (nSPS) is 16.1. The van der Waals surface area contributed by atoms with E-state index in [4.69, 9.17) is 0 Å². The second-order valence-corrected chi connectivity index (χ2v) is 5.64. The van der Waals surface area contributed by atoms with Crippen molar-refractivity contribution in [1.82, 2.24) is 20.5 Å². The van der Waals surface area contributed by atoms with Crippen LogP contribution in [0, 0.1) is 0 Å². The molecule has 0 amide bonds. The lowest BCUT2D eigenvalue weighted by molar-refractivity contribution is 0.247. The minimum Gasteiger partial charge on any atom is -0.357 e. The molecule has 0 radical (unpaired) electrons. The highest BCUT2D eigenvalue weighted by Gasteiger charge is 2.28. The quantitative estimate of drug-likeness (QED) is 0.406. The summed E-state index contributed by atoms with van der Waals surface area (Å²) >= 11 is 0. The lowest BCUT2D eigenvalue weighted by Crippen LogP contribution is -2.45. The molecule has 1 atom stereocenters. The average Bonchev–Trinajstić information content (AvgIpc) is 3.34. The molecule has 0 spiro atoms. The van der Waals surface area contributed by atoms with E-state index in [1.54, 1.807) is 6.20 Å². The van der Waals surface area contributed by atoms with Crippen molar-refractivity contribution in [3.8, 4) is 0 Å². The van der Waals surface area contributed by atoms with Gasteiger partial charge in [-0.3, -0.25) is 9.88 Å². The van der Waals surface area contributed by atoms with Gasteiger partial charge in [0.2, 0.25) is 0 Å². The SMILES string of the molecule is CCNC(=NCc1ccccn1)NCC(C)N(C)C1CC1.I. The maximum absolute atomic E-state index is 4.59. The molecule has 22 heavy (non-hydrogen) atoms. The van der Waals surface area contributed by atoms with Crippen molar-refractivity contribution in [2.24, 2.45) is 4.99 Å². The summed E-state index contributed by atoms with van der Waals surface area (Å²) in [6.07, 6.45) is 4.49. The first-order valence-electron chi connectivity index (χ1n) is 7.84. The number of halogens is 1. The van der Waals surface area contributed by atoms with Gasteiger partial charge in [0.05, 0.1) is 12.2 Å². The number of nitrogens with zero attached hydrogens (tertiary/aromatic N) is 3. The van der Waals surface area contributed by atoms with Gasteiger partial charge in [-0.1, -0.05) is 6.07 Å². The number of aromatic nitrogens is 1. The van der Waals surface area contributed by atoms with E-state index in [0.29, 0.717) is 12.6 Å². The molecule has 1 aromatic rings. The number of likely N-dealkylation sites (N-methyl/N-ethyl adjacent to an activating group) is 1. The van der Waals surface area contributed by atoms with Gasteiger partial charge in [-0.2, -0.15) is 0 Å². The maximum Gasteiger partial charge on any atom is 0.191 e. The summed E-state index contributed by atoms with van der Waals surface area (Å²) in [4.78, 5) is 11.3. The fraction of sp³-hybridized carbons (Fsp3) is 0.625. The molecule has 5 nitrogen and oxygen atoms in total. The van der Waals surface area contributed by atoms with Gasteiger partial charge in [0.25, 0.3) is 0 Å². The number of aliphatic imine (C=N–C) groups is 1. The Labute approximate surface area is 151 Å². The van der Waals surface area contributed by atoms with Gasteiger partial charge < -0.3 is 10.6 Å². The van der Waals surface area contributed by atoms with Crippen molar-refractivity contribution in [1.29, 1.82) is 0 Å². The van der Waals surface area contributed by atoms with Crippen molar-refractivity contribution in [2.45, 2.75) is 45.3 Å². The molecule has 1 aliphatic carbocycles. The molecule has 1 aliphatic rings. The fourth-order valence-corrected chi connectivity index (χ4v) is 2.22. The maximum atomic E-state index is 4.59. The van der Waals surface area contributed by atoms with E-state index in [-0.39, 0.29) is 24.0 Å². The zero-order valence-corrected chi connectivity index (χ0v) is 16.1. The minimum atomic E-state index is 0. The van der Waals surface area contributed by atoms with Gasteiger partial charge in [0.15, 0.2) is 5.96 Å². The van der Waals surface area contributed by atoms with Crippen LogP contribution < -0.4 is 10.6 Å².